The van der Waals surface area contributed by atoms with Crippen LogP contribution in [-0.4, -0.2) is 45.3 Å². The zero-order valence-corrected chi connectivity index (χ0v) is 18.2. The molecule has 2 aromatic rings. The monoisotopic (exact) mass is 420 g/mol. The first-order valence-corrected chi connectivity index (χ1v) is 11.0. The van der Waals surface area contributed by atoms with Crippen molar-refractivity contribution < 1.29 is 14.0 Å². The highest BCUT2D eigenvalue weighted by Crippen LogP contribution is 2.28. The fourth-order valence-corrected chi connectivity index (χ4v) is 4.37. The fourth-order valence-electron chi connectivity index (χ4n) is 4.37. The molecule has 7 heteroatoms. The van der Waals surface area contributed by atoms with Gasteiger partial charge in [0.1, 0.15) is 5.54 Å². The summed E-state index contributed by atoms with van der Waals surface area (Å²) in [6, 6.07) is 1.79. The molecule has 3 heterocycles. The number of aryl methyl sites for hydroxylation is 2. The maximum Gasteiger partial charge on any atom is 0.290 e. The summed E-state index contributed by atoms with van der Waals surface area (Å²) in [5.41, 5.74) is 1.18. The molecule has 2 fully saturated rings. The van der Waals surface area contributed by atoms with Crippen LogP contribution in [0, 0.1) is 25.7 Å². The number of carbonyl (C=O) groups is 2. The molecule has 2 amide bonds. The molecule has 1 saturated carbocycles. The van der Waals surface area contributed by atoms with Gasteiger partial charge in [0.05, 0.1) is 11.3 Å². The Morgan fingerprint density at radius 3 is 2.52 bits per heavy atom. The van der Waals surface area contributed by atoms with Gasteiger partial charge < -0.3 is 14.6 Å². The number of nitrogens with zero attached hydrogens (tertiary/aromatic N) is 3. The Bertz CT molecular complexity index is 1030. The van der Waals surface area contributed by atoms with Crippen molar-refractivity contribution in [1.29, 1.82) is 0 Å². The second kappa shape index (κ2) is 8.93. The molecule has 2 aliphatic rings. The lowest BCUT2D eigenvalue weighted by Crippen LogP contribution is -2.48. The summed E-state index contributed by atoms with van der Waals surface area (Å²) in [6.07, 6.45) is 10.0. The van der Waals surface area contributed by atoms with Crippen LogP contribution in [0.1, 0.15) is 83.0 Å². The number of aromatic nitrogens is 2. The van der Waals surface area contributed by atoms with E-state index in [0.29, 0.717) is 22.7 Å². The number of carbonyl (C=O) groups excluding carboxylic acids is 2. The summed E-state index contributed by atoms with van der Waals surface area (Å²) < 4.78 is 5.49. The lowest BCUT2D eigenvalue weighted by atomic mass is 9.82. The largest absolute Gasteiger partial charge is 0.436 e. The van der Waals surface area contributed by atoms with Crippen LogP contribution < -0.4 is 5.32 Å². The molecule has 1 saturated heterocycles. The molecular weight excluding hydrogens is 392 g/mol. The van der Waals surface area contributed by atoms with E-state index in [1.54, 1.807) is 32.3 Å². The minimum absolute atomic E-state index is 0.00509. The fraction of sp³-hybridized carbons (Fsp3) is 0.500. The number of nitrogens with one attached hydrogen (secondary N) is 1. The van der Waals surface area contributed by atoms with Crippen molar-refractivity contribution in [3.05, 3.63) is 46.9 Å². The van der Waals surface area contributed by atoms with Gasteiger partial charge in [-0.05, 0) is 38.7 Å². The molecule has 31 heavy (non-hydrogen) atoms. The smallest absolute Gasteiger partial charge is 0.290 e. The molecule has 1 N–H and O–H groups in total. The summed E-state index contributed by atoms with van der Waals surface area (Å²) in [4.78, 5) is 35.8. The van der Waals surface area contributed by atoms with Gasteiger partial charge in [-0.2, -0.15) is 0 Å². The van der Waals surface area contributed by atoms with Gasteiger partial charge in [-0.25, -0.2) is 4.98 Å². The van der Waals surface area contributed by atoms with Gasteiger partial charge in [-0.1, -0.05) is 31.1 Å². The van der Waals surface area contributed by atoms with Crippen LogP contribution in [-0.2, 0) is 0 Å². The van der Waals surface area contributed by atoms with Gasteiger partial charge in [-0.3, -0.25) is 14.6 Å². The van der Waals surface area contributed by atoms with Gasteiger partial charge in [0, 0.05) is 38.0 Å². The van der Waals surface area contributed by atoms with Crippen molar-refractivity contribution in [3.8, 4) is 11.8 Å². The second-order valence-electron chi connectivity index (χ2n) is 8.46. The van der Waals surface area contributed by atoms with Crippen molar-refractivity contribution in [3.63, 3.8) is 0 Å². The summed E-state index contributed by atoms with van der Waals surface area (Å²) in [7, 11) is 0. The third-order valence-corrected chi connectivity index (χ3v) is 5.99. The molecule has 0 spiro atoms. The van der Waals surface area contributed by atoms with Crippen LogP contribution in [0.4, 0.5) is 0 Å². The molecule has 0 aromatic carbocycles. The average Bonchev–Trinajstić information content (AvgIpc) is 3.42. The minimum Gasteiger partial charge on any atom is -0.436 e. The van der Waals surface area contributed by atoms with Crippen LogP contribution in [0.25, 0.3) is 0 Å². The first-order valence-electron chi connectivity index (χ1n) is 11.0. The predicted octanol–water partition coefficient (Wildman–Crippen LogP) is 3.41. The molecule has 0 radical (unpaired) electrons. The molecule has 0 atom stereocenters. The third kappa shape index (κ3) is 4.79. The van der Waals surface area contributed by atoms with E-state index >= 15 is 0 Å². The summed E-state index contributed by atoms with van der Waals surface area (Å²) in [5, 5.41) is 3.11. The van der Waals surface area contributed by atoms with E-state index in [-0.39, 0.29) is 17.6 Å². The lowest BCUT2D eigenvalue weighted by molar-refractivity contribution is 0.0791. The second-order valence-corrected chi connectivity index (χ2v) is 8.46. The maximum absolute atomic E-state index is 12.9. The predicted molar refractivity (Wildman–Crippen MR) is 116 cm³/mol. The molecule has 1 aliphatic carbocycles. The number of oxazole rings is 1. The number of likely N-dealkylation sites (tertiary alicyclic amines) is 1. The van der Waals surface area contributed by atoms with Crippen molar-refractivity contribution in [2.45, 2.75) is 64.3 Å². The molecule has 0 unspecified atom stereocenters. The Balaban J connectivity index is 1.56. The Morgan fingerprint density at radius 2 is 1.84 bits per heavy atom. The van der Waals surface area contributed by atoms with Crippen molar-refractivity contribution in [2.24, 2.45) is 0 Å². The quantitative estimate of drug-likeness (QED) is 0.769. The highest BCUT2D eigenvalue weighted by Gasteiger charge is 2.33. The van der Waals surface area contributed by atoms with E-state index in [1.807, 2.05) is 4.90 Å². The Hall–Kier alpha value is -3.14. The summed E-state index contributed by atoms with van der Waals surface area (Å²) in [6.45, 7) is 5.08. The maximum atomic E-state index is 12.9. The molecular formula is C24H28N4O3. The number of pyridine rings is 1. The number of hydrogen-bond acceptors (Lipinski definition) is 5. The molecule has 7 nitrogen and oxygen atoms in total. The molecule has 4 rings (SSSR count). The van der Waals surface area contributed by atoms with Crippen LogP contribution in [0.15, 0.2) is 22.9 Å². The standard InChI is InChI=1S/C24H28N4O3/c1-17-21(31-18(2)26-17)22(29)27-24(9-4-3-5-10-24)11-8-19-14-20(16-25-15-19)23(30)28-12-6-7-13-28/h14-16H,3-7,9-10,12-13H2,1-2H3,(H,27,29). The van der Waals surface area contributed by atoms with E-state index in [2.05, 4.69) is 27.1 Å². The average molecular weight is 421 g/mol. The summed E-state index contributed by atoms with van der Waals surface area (Å²) >= 11 is 0. The van der Waals surface area contributed by atoms with E-state index in [1.165, 1.54) is 0 Å². The Kier molecular flexibility index (Phi) is 6.08. The van der Waals surface area contributed by atoms with Crippen molar-refractivity contribution >= 4 is 11.8 Å². The molecule has 0 bridgehead atoms. The first kappa shape index (κ1) is 21.1. The lowest BCUT2D eigenvalue weighted by Gasteiger charge is -2.33. The number of amides is 2. The molecule has 1 aliphatic heterocycles. The van der Waals surface area contributed by atoms with Gasteiger partial charge >= 0.3 is 0 Å². The van der Waals surface area contributed by atoms with Crippen LogP contribution in [0.2, 0.25) is 0 Å². The topological polar surface area (TPSA) is 88.3 Å². The number of hydrogen-bond donors (Lipinski definition) is 1. The zero-order chi connectivity index (χ0) is 21.8. The van der Waals surface area contributed by atoms with E-state index in [0.717, 1.165) is 58.0 Å². The van der Waals surface area contributed by atoms with Gasteiger partial charge in [0.2, 0.25) is 5.76 Å². The van der Waals surface area contributed by atoms with Gasteiger partial charge in [-0.15, -0.1) is 0 Å². The first-order chi connectivity index (χ1) is 15.0. The zero-order valence-electron chi connectivity index (χ0n) is 18.2. The minimum atomic E-state index is -0.628. The normalized spacial score (nSPS) is 17.7. The Morgan fingerprint density at radius 1 is 1.10 bits per heavy atom. The SMILES string of the molecule is Cc1nc(C)c(C(=O)NC2(C#Cc3cncc(C(=O)N4CCCC4)c3)CCCCC2)o1. The van der Waals surface area contributed by atoms with Crippen LogP contribution >= 0.6 is 0 Å². The van der Waals surface area contributed by atoms with E-state index in [9.17, 15) is 9.59 Å². The van der Waals surface area contributed by atoms with Crippen LogP contribution in [0.5, 0.6) is 0 Å². The summed E-state index contributed by atoms with van der Waals surface area (Å²) in [5.74, 6) is 6.91. The van der Waals surface area contributed by atoms with Gasteiger partial charge in [0.15, 0.2) is 5.89 Å². The van der Waals surface area contributed by atoms with Crippen molar-refractivity contribution in [2.75, 3.05) is 13.1 Å². The van der Waals surface area contributed by atoms with E-state index in [4.69, 9.17) is 4.42 Å². The third-order valence-electron chi connectivity index (χ3n) is 5.99. The molecule has 162 valence electrons. The van der Waals surface area contributed by atoms with Crippen LogP contribution in [0.3, 0.4) is 0 Å². The molecule has 2 aromatic heterocycles. The van der Waals surface area contributed by atoms with Gasteiger partial charge in [0.25, 0.3) is 11.8 Å². The Labute approximate surface area is 182 Å². The van der Waals surface area contributed by atoms with E-state index < -0.39 is 5.54 Å². The number of rotatable bonds is 3. The highest BCUT2D eigenvalue weighted by atomic mass is 16.4. The highest BCUT2D eigenvalue weighted by molar-refractivity contribution is 5.94. The van der Waals surface area contributed by atoms with Crippen molar-refractivity contribution in [1.82, 2.24) is 20.2 Å².